The first-order chi connectivity index (χ1) is 10.1. The smallest absolute Gasteiger partial charge is 0.255 e. The van der Waals surface area contributed by atoms with Crippen molar-refractivity contribution in [2.75, 3.05) is 12.4 Å². The second-order valence-electron chi connectivity index (χ2n) is 4.45. The van der Waals surface area contributed by atoms with Gasteiger partial charge in [0.25, 0.3) is 5.91 Å². The van der Waals surface area contributed by atoms with Crippen molar-refractivity contribution in [3.05, 3.63) is 59.7 Å². The first-order valence-electron chi connectivity index (χ1n) is 6.38. The molecule has 108 valence electrons. The van der Waals surface area contributed by atoms with Crippen molar-refractivity contribution in [3.63, 3.8) is 0 Å². The van der Waals surface area contributed by atoms with Crippen molar-refractivity contribution in [2.45, 2.75) is 6.92 Å². The molecule has 5 nitrogen and oxygen atoms in total. The lowest BCUT2D eigenvalue weighted by Gasteiger charge is -2.08. The van der Waals surface area contributed by atoms with E-state index in [2.05, 4.69) is 10.5 Å². The first-order valence-corrected chi connectivity index (χ1v) is 6.38. The fourth-order valence-electron chi connectivity index (χ4n) is 1.85. The third kappa shape index (κ3) is 3.60. The van der Waals surface area contributed by atoms with E-state index in [0.717, 1.165) is 5.56 Å². The van der Waals surface area contributed by atoms with Gasteiger partial charge in [0, 0.05) is 16.8 Å². The van der Waals surface area contributed by atoms with Crippen molar-refractivity contribution in [1.29, 1.82) is 0 Å². The number of nitrogens with zero attached hydrogens (tertiary/aromatic N) is 1. The zero-order chi connectivity index (χ0) is 15.2. The highest BCUT2D eigenvalue weighted by atomic mass is 16.5. The van der Waals surface area contributed by atoms with Crippen molar-refractivity contribution >= 4 is 17.3 Å². The molecular formula is C16H16N2O3. The van der Waals surface area contributed by atoms with Crippen LogP contribution in [0.25, 0.3) is 0 Å². The fraction of sp³-hybridized carbons (Fsp3) is 0.125. The lowest BCUT2D eigenvalue weighted by Crippen LogP contribution is -2.12. The second kappa shape index (κ2) is 6.56. The number of anilines is 1. The Balaban J connectivity index is 2.19. The summed E-state index contributed by atoms with van der Waals surface area (Å²) in [6, 6.07) is 14.0. The zero-order valence-corrected chi connectivity index (χ0v) is 11.8. The van der Waals surface area contributed by atoms with Crippen LogP contribution in [0.4, 0.5) is 5.69 Å². The SMILES string of the molecule is COc1cccc(C(=O)Nc2cccc(/C(C)=N/O)c2)c1. The van der Waals surface area contributed by atoms with Gasteiger partial charge in [0.15, 0.2) is 0 Å². The Labute approximate surface area is 122 Å². The standard InChI is InChI=1S/C16H16N2O3/c1-11(18-20)12-5-3-7-14(9-12)17-16(19)13-6-4-8-15(10-13)21-2/h3-10,20H,1-2H3,(H,17,19)/b18-11+. The Morgan fingerprint density at radius 3 is 2.57 bits per heavy atom. The molecular weight excluding hydrogens is 268 g/mol. The number of oxime groups is 1. The topological polar surface area (TPSA) is 70.9 Å². The highest BCUT2D eigenvalue weighted by Gasteiger charge is 2.08. The van der Waals surface area contributed by atoms with Gasteiger partial charge in [0.05, 0.1) is 12.8 Å². The van der Waals surface area contributed by atoms with E-state index < -0.39 is 0 Å². The van der Waals surface area contributed by atoms with Crippen LogP contribution in [0.1, 0.15) is 22.8 Å². The largest absolute Gasteiger partial charge is 0.497 e. The number of carbonyl (C=O) groups excluding carboxylic acids is 1. The Hall–Kier alpha value is -2.82. The lowest BCUT2D eigenvalue weighted by molar-refractivity contribution is 0.102. The minimum absolute atomic E-state index is 0.232. The molecule has 2 rings (SSSR count). The van der Waals surface area contributed by atoms with Crippen LogP contribution in [0, 0.1) is 0 Å². The van der Waals surface area contributed by atoms with Gasteiger partial charge in [-0.25, -0.2) is 0 Å². The Morgan fingerprint density at radius 1 is 1.14 bits per heavy atom. The summed E-state index contributed by atoms with van der Waals surface area (Å²) in [6.45, 7) is 1.68. The molecule has 0 saturated heterocycles. The molecule has 1 amide bonds. The van der Waals surface area contributed by atoms with E-state index in [-0.39, 0.29) is 5.91 Å². The van der Waals surface area contributed by atoms with E-state index in [9.17, 15) is 4.79 Å². The summed E-state index contributed by atoms with van der Waals surface area (Å²) in [5, 5.41) is 14.7. The van der Waals surface area contributed by atoms with Crippen LogP contribution in [0.3, 0.4) is 0 Å². The highest BCUT2D eigenvalue weighted by Crippen LogP contribution is 2.16. The third-order valence-corrected chi connectivity index (χ3v) is 3.02. The molecule has 0 aliphatic rings. The van der Waals surface area contributed by atoms with Gasteiger partial charge >= 0.3 is 0 Å². The van der Waals surface area contributed by atoms with Crippen LogP contribution in [0.5, 0.6) is 5.75 Å². The second-order valence-corrected chi connectivity index (χ2v) is 4.45. The average Bonchev–Trinajstić information content (AvgIpc) is 2.54. The summed E-state index contributed by atoms with van der Waals surface area (Å²) in [7, 11) is 1.55. The molecule has 0 aliphatic heterocycles. The summed E-state index contributed by atoms with van der Waals surface area (Å²) < 4.78 is 5.10. The van der Waals surface area contributed by atoms with Crippen molar-refractivity contribution in [2.24, 2.45) is 5.16 Å². The third-order valence-electron chi connectivity index (χ3n) is 3.02. The van der Waals surface area contributed by atoms with Crippen LogP contribution < -0.4 is 10.1 Å². The number of methoxy groups -OCH3 is 1. The number of rotatable bonds is 4. The molecule has 0 unspecified atom stereocenters. The van der Waals surface area contributed by atoms with Crippen molar-refractivity contribution in [1.82, 2.24) is 0 Å². The van der Waals surface area contributed by atoms with E-state index in [0.29, 0.717) is 22.7 Å². The number of benzene rings is 2. The van der Waals surface area contributed by atoms with E-state index in [4.69, 9.17) is 9.94 Å². The number of ether oxygens (including phenoxy) is 1. The van der Waals surface area contributed by atoms with Gasteiger partial charge in [-0.1, -0.05) is 23.4 Å². The van der Waals surface area contributed by atoms with Crippen LogP contribution in [0.15, 0.2) is 53.7 Å². The number of hydrogen-bond donors (Lipinski definition) is 2. The minimum Gasteiger partial charge on any atom is -0.497 e. The molecule has 0 bridgehead atoms. The fourth-order valence-corrected chi connectivity index (χ4v) is 1.85. The van der Waals surface area contributed by atoms with E-state index in [1.807, 2.05) is 0 Å². The normalized spacial score (nSPS) is 11.0. The van der Waals surface area contributed by atoms with Gasteiger partial charge in [-0.15, -0.1) is 0 Å². The summed E-state index contributed by atoms with van der Waals surface area (Å²) >= 11 is 0. The maximum absolute atomic E-state index is 12.2. The van der Waals surface area contributed by atoms with Crippen LogP contribution in [-0.2, 0) is 0 Å². The molecule has 0 aromatic heterocycles. The maximum Gasteiger partial charge on any atom is 0.255 e. The van der Waals surface area contributed by atoms with Crippen LogP contribution in [0.2, 0.25) is 0 Å². The van der Waals surface area contributed by atoms with Gasteiger partial charge in [-0.05, 0) is 37.3 Å². The van der Waals surface area contributed by atoms with Crippen molar-refractivity contribution < 1.29 is 14.7 Å². The molecule has 0 aliphatic carbocycles. The molecule has 2 aromatic rings. The summed E-state index contributed by atoms with van der Waals surface area (Å²) in [5.41, 5.74) is 2.35. The van der Waals surface area contributed by atoms with Gasteiger partial charge in [0.1, 0.15) is 5.75 Å². The molecule has 2 aromatic carbocycles. The summed E-state index contributed by atoms with van der Waals surface area (Å²) in [6.07, 6.45) is 0. The van der Waals surface area contributed by atoms with E-state index in [1.165, 1.54) is 0 Å². The lowest BCUT2D eigenvalue weighted by atomic mass is 10.1. The number of nitrogens with one attached hydrogen (secondary N) is 1. The quantitative estimate of drug-likeness (QED) is 0.514. The summed E-state index contributed by atoms with van der Waals surface area (Å²) in [5.74, 6) is 0.393. The average molecular weight is 284 g/mol. The molecule has 21 heavy (non-hydrogen) atoms. The minimum atomic E-state index is -0.232. The predicted molar refractivity (Wildman–Crippen MR) is 81.4 cm³/mol. The van der Waals surface area contributed by atoms with Gasteiger partial charge < -0.3 is 15.3 Å². The Kier molecular flexibility index (Phi) is 4.56. The molecule has 0 saturated carbocycles. The molecule has 0 radical (unpaired) electrons. The number of amides is 1. The highest BCUT2D eigenvalue weighted by molar-refractivity contribution is 6.05. The molecule has 0 atom stereocenters. The first kappa shape index (κ1) is 14.6. The molecule has 0 spiro atoms. The van der Waals surface area contributed by atoms with Gasteiger partial charge in [0.2, 0.25) is 0 Å². The Morgan fingerprint density at radius 2 is 1.86 bits per heavy atom. The summed E-state index contributed by atoms with van der Waals surface area (Å²) in [4.78, 5) is 12.2. The van der Waals surface area contributed by atoms with Gasteiger partial charge in [-0.2, -0.15) is 0 Å². The monoisotopic (exact) mass is 284 g/mol. The van der Waals surface area contributed by atoms with E-state index in [1.54, 1.807) is 62.6 Å². The van der Waals surface area contributed by atoms with Crippen LogP contribution >= 0.6 is 0 Å². The molecule has 0 heterocycles. The number of hydrogen-bond acceptors (Lipinski definition) is 4. The Bertz CT molecular complexity index is 681. The zero-order valence-electron chi connectivity index (χ0n) is 11.8. The molecule has 2 N–H and O–H groups in total. The van der Waals surface area contributed by atoms with Crippen LogP contribution in [-0.4, -0.2) is 23.9 Å². The molecule has 0 fully saturated rings. The molecule has 5 heteroatoms. The number of carbonyl (C=O) groups is 1. The van der Waals surface area contributed by atoms with Crippen molar-refractivity contribution in [3.8, 4) is 5.75 Å². The van der Waals surface area contributed by atoms with E-state index >= 15 is 0 Å². The maximum atomic E-state index is 12.2. The van der Waals surface area contributed by atoms with Gasteiger partial charge in [-0.3, -0.25) is 4.79 Å². The predicted octanol–water partition coefficient (Wildman–Crippen LogP) is 3.15.